The average Bonchev–Trinajstić information content (AvgIpc) is 1.77. The molecule has 0 aliphatic carbocycles. The minimum atomic E-state index is 0.365. The maximum Gasteiger partial charge on any atom is 0.0994 e. The number of quaternary nitrogens is 1. The quantitative estimate of drug-likeness (QED) is 0.444. The van der Waals surface area contributed by atoms with Gasteiger partial charge in [-0.3, -0.25) is 0 Å². The van der Waals surface area contributed by atoms with Crippen LogP contribution in [0.25, 0.3) is 5.84 Å². The number of hydrogen-bond donors (Lipinski definition) is 1. The van der Waals surface area contributed by atoms with Crippen LogP contribution in [-0.4, -0.2) is 25.8 Å². The molecule has 1 heterocycles. The zero-order chi connectivity index (χ0) is 5.98. The maximum atomic E-state index is 7.31. The number of morpholine rings is 1. The molecule has 2 unspecified atom stereocenters. The monoisotopic (exact) mass is 116 g/mol. The van der Waals surface area contributed by atoms with Gasteiger partial charge in [0.05, 0.1) is 25.8 Å². The third-order valence-electron chi connectivity index (χ3n) is 1.48. The van der Waals surface area contributed by atoms with E-state index in [1.807, 2.05) is 6.92 Å². The molecule has 1 rings (SSSR count). The molecule has 0 aromatic heterocycles. The van der Waals surface area contributed by atoms with E-state index in [2.05, 4.69) is 0 Å². The Morgan fingerprint density at radius 3 is 2.88 bits per heavy atom. The first-order valence-electron chi connectivity index (χ1n) is 2.96. The Morgan fingerprint density at radius 2 is 2.50 bits per heavy atom. The highest BCUT2D eigenvalue weighted by molar-refractivity contribution is 4.49. The summed E-state index contributed by atoms with van der Waals surface area (Å²) in [5, 5.41) is 0.844. The number of ether oxygens (including phenoxy) is 1. The van der Waals surface area contributed by atoms with Gasteiger partial charge in [0.15, 0.2) is 0 Å². The van der Waals surface area contributed by atoms with Crippen LogP contribution >= 0.6 is 0 Å². The minimum absolute atomic E-state index is 0.365. The second-order valence-electron chi connectivity index (χ2n) is 2.25. The SMILES string of the molecule is CC1COCC[NH+]1[NH-]. The van der Waals surface area contributed by atoms with Crippen LogP contribution in [0, 0.1) is 0 Å². The van der Waals surface area contributed by atoms with Gasteiger partial charge in [0.1, 0.15) is 0 Å². The molecule has 48 valence electrons. The zero-order valence-electron chi connectivity index (χ0n) is 5.11. The number of rotatable bonds is 0. The summed E-state index contributed by atoms with van der Waals surface area (Å²) in [7, 11) is 0. The lowest BCUT2D eigenvalue weighted by atomic mass is 10.3. The summed E-state index contributed by atoms with van der Waals surface area (Å²) in [5.41, 5.74) is 0. The predicted octanol–water partition coefficient (Wildman–Crippen LogP) is -0.743. The van der Waals surface area contributed by atoms with E-state index in [0.29, 0.717) is 6.04 Å². The van der Waals surface area contributed by atoms with Crippen molar-refractivity contribution in [2.75, 3.05) is 19.8 Å². The van der Waals surface area contributed by atoms with Crippen molar-refractivity contribution in [3.8, 4) is 0 Å². The fourth-order valence-electron chi connectivity index (χ4n) is 0.789. The predicted molar refractivity (Wildman–Crippen MR) is 30.4 cm³/mol. The van der Waals surface area contributed by atoms with E-state index < -0.39 is 0 Å². The molecule has 2 atom stereocenters. The molecule has 0 aromatic rings. The molecular formula is C5H12N2O. The van der Waals surface area contributed by atoms with Crippen molar-refractivity contribution in [2.45, 2.75) is 13.0 Å². The standard InChI is InChI=1S/C5H12N2O/c1-5-4-8-3-2-7(5)6/h5-7H,2-4H2,1H3. The van der Waals surface area contributed by atoms with E-state index >= 15 is 0 Å². The number of nitrogens with one attached hydrogen (secondary N) is 2. The van der Waals surface area contributed by atoms with Gasteiger partial charge >= 0.3 is 0 Å². The summed E-state index contributed by atoms with van der Waals surface area (Å²) in [5.74, 6) is 7.31. The van der Waals surface area contributed by atoms with Crippen LogP contribution in [0.5, 0.6) is 0 Å². The minimum Gasteiger partial charge on any atom is -0.469 e. The second kappa shape index (κ2) is 2.44. The Labute approximate surface area is 49.4 Å². The smallest absolute Gasteiger partial charge is 0.0994 e. The van der Waals surface area contributed by atoms with Crippen molar-refractivity contribution in [2.24, 2.45) is 0 Å². The second-order valence-corrected chi connectivity index (χ2v) is 2.25. The summed E-state index contributed by atoms with van der Waals surface area (Å²) in [6.45, 7) is 4.37. The van der Waals surface area contributed by atoms with Crippen LogP contribution in [0.4, 0.5) is 0 Å². The summed E-state index contributed by atoms with van der Waals surface area (Å²) >= 11 is 0. The summed E-state index contributed by atoms with van der Waals surface area (Å²) in [6.07, 6.45) is 0. The third-order valence-corrected chi connectivity index (χ3v) is 1.48. The lowest BCUT2D eigenvalue weighted by Gasteiger charge is -2.32. The molecule has 1 aliphatic heterocycles. The summed E-state index contributed by atoms with van der Waals surface area (Å²) < 4.78 is 5.11. The Kier molecular flexibility index (Phi) is 1.83. The molecule has 3 nitrogen and oxygen atoms in total. The fraction of sp³-hybridized carbons (Fsp3) is 1.00. The molecule has 0 saturated carbocycles. The van der Waals surface area contributed by atoms with Gasteiger partial charge in [0.2, 0.25) is 0 Å². The maximum absolute atomic E-state index is 7.31. The molecular weight excluding hydrogens is 104 g/mol. The lowest BCUT2D eigenvalue weighted by Crippen LogP contribution is -3.11. The third kappa shape index (κ3) is 1.18. The van der Waals surface area contributed by atoms with Crippen molar-refractivity contribution in [3.05, 3.63) is 5.84 Å². The molecule has 1 fully saturated rings. The van der Waals surface area contributed by atoms with Gasteiger partial charge in [-0.2, -0.15) is 0 Å². The Bertz CT molecular complexity index is 66.8. The van der Waals surface area contributed by atoms with E-state index in [4.69, 9.17) is 10.6 Å². The van der Waals surface area contributed by atoms with Gasteiger partial charge < -0.3 is 15.6 Å². The van der Waals surface area contributed by atoms with Crippen LogP contribution in [-0.2, 0) is 4.74 Å². The van der Waals surface area contributed by atoms with Crippen LogP contribution in [0.15, 0.2) is 0 Å². The molecule has 1 aliphatic rings. The molecule has 2 N–H and O–H groups in total. The van der Waals surface area contributed by atoms with Crippen molar-refractivity contribution in [1.82, 2.24) is 0 Å². The van der Waals surface area contributed by atoms with E-state index in [9.17, 15) is 0 Å². The van der Waals surface area contributed by atoms with E-state index in [1.54, 1.807) is 0 Å². The van der Waals surface area contributed by atoms with Crippen LogP contribution < -0.4 is 5.01 Å². The Balaban J connectivity index is 2.28. The van der Waals surface area contributed by atoms with Crippen LogP contribution in [0.3, 0.4) is 0 Å². The summed E-state index contributed by atoms with van der Waals surface area (Å²) in [4.78, 5) is 0. The Morgan fingerprint density at radius 1 is 1.75 bits per heavy atom. The largest absolute Gasteiger partial charge is 0.469 e. The zero-order valence-corrected chi connectivity index (χ0v) is 5.11. The van der Waals surface area contributed by atoms with Gasteiger partial charge in [0.25, 0.3) is 0 Å². The first-order valence-corrected chi connectivity index (χ1v) is 2.96. The Hall–Kier alpha value is -0.120. The summed E-state index contributed by atoms with van der Waals surface area (Å²) in [6, 6.07) is 0.365. The van der Waals surface area contributed by atoms with Crippen molar-refractivity contribution in [3.63, 3.8) is 0 Å². The van der Waals surface area contributed by atoms with Gasteiger partial charge in [-0.05, 0) is 6.92 Å². The molecule has 3 heteroatoms. The van der Waals surface area contributed by atoms with Crippen LogP contribution in [0.1, 0.15) is 6.92 Å². The average molecular weight is 116 g/mol. The first-order chi connectivity index (χ1) is 3.80. The normalized spacial score (nSPS) is 39.8. The van der Waals surface area contributed by atoms with Gasteiger partial charge in [-0.1, -0.05) is 0 Å². The first kappa shape index (κ1) is 6.01. The van der Waals surface area contributed by atoms with Gasteiger partial charge in [0, 0.05) is 0 Å². The van der Waals surface area contributed by atoms with Crippen LogP contribution in [0.2, 0.25) is 0 Å². The topological polar surface area (TPSA) is 37.5 Å². The van der Waals surface area contributed by atoms with Gasteiger partial charge in [-0.25, -0.2) is 0 Å². The van der Waals surface area contributed by atoms with Crippen molar-refractivity contribution in [1.29, 1.82) is 0 Å². The van der Waals surface area contributed by atoms with Crippen molar-refractivity contribution < 1.29 is 9.75 Å². The van der Waals surface area contributed by atoms with E-state index in [0.717, 1.165) is 24.8 Å². The highest BCUT2D eigenvalue weighted by atomic mass is 16.5. The fourth-order valence-corrected chi connectivity index (χ4v) is 0.789. The molecule has 0 aromatic carbocycles. The highest BCUT2D eigenvalue weighted by Crippen LogP contribution is 1.83. The molecule has 0 bridgehead atoms. The van der Waals surface area contributed by atoms with E-state index in [1.165, 1.54) is 0 Å². The van der Waals surface area contributed by atoms with Gasteiger partial charge in [-0.15, -0.1) is 0 Å². The molecule has 0 amide bonds. The van der Waals surface area contributed by atoms with Crippen molar-refractivity contribution >= 4 is 0 Å². The number of hydrogen-bond acceptors (Lipinski definition) is 1. The molecule has 1 saturated heterocycles. The highest BCUT2D eigenvalue weighted by Gasteiger charge is 2.13. The molecule has 8 heavy (non-hydrogen) atoms. The van der Waals surface area contributed by atoms with E-state index in [-0.39, 0.29) is 0 Å². The molecule has 0 radical (unpaired) electrons. The lowest BCUT2D eigenvalue weighted by molar-refractivity contribution is -0.883. The molecule has 0 spiro atoms.